The van der Waals surface area contributed by atoms with Crippen molar-refractivity contribution in [1.82, 2.24) is 19.9 Å². The number of aromatic nitrogens is 4. The summed E-state index contributed by atoms with van der Waals surface area (Å²) in [6.45, 7) is 8.11. The van der Waals surface area contributed by atoms with Crippen LogP contribution in [0.1, 0.15) is 108 Å². The first kappa shape index (κ1) is 52.9. The molecule has 8 rings (SSSR count). The van der Waals surface area contributed by atoms with Gasteiger partial charge >= 0.3 is 0 Å². The Morgan fingerprint density at radius 2 is 0.930 bits per heavy atom. The number of carbonyl (C=O) groups is 2. The van der Waals surface area contributed by atoms with Crippen molar-refractivity contribution in [2.24, 2.45) is 23.7 Å². The second-order valence-corrected chi connectivity index (χ2v) is 22.8. The zero-order chi connectivity index (χ0) is 51.5. The number of Topliss-reactive ketones (excluding diaryl/α,β-unsaturated/α-hetero) is 2. The summed E-state index contributed by atoms with van der Waals surface area (Å²) in [7, 11) is -4.10. The predicted octanol–water partition coefficient (Wildman–Crippen LogP) is 11.4. The Morgan fingerprint density at radius 3 is 1.28 bits per heavy atom. The minimum Gasteiger partial charge on any atom is -0.292 e. The lowest BCUT2D eigenvalue weighted by atomic mass is 9.72. The van der Waals surface area contributed by atoms with Crippen LogP contribution in [-0.2, 0) is 33.5 Å². The molecule has 0 amide bonds. The van der Waals surface area contributed by atoms with Gasteiger partial charge in [-0.1, -0.05) is 39.8 Å². The van der Waals surface area contributed by atoms with Gasteiger partial charge in [0.25, 0.3) is 0 Å². The van der Waals surface area contributed by atoms with Crippen molar-refractivity contribution in [3.8, 4) is 22.5 Å². The maximum atomic E-state index is 14.4. The molecule has 2 saturated carbocycles. The molecular weight excluding hydrogens is 963 g/mol. The fourth-order valence-corrected chi connectivity index (χ4v) is 14.6. The average molecular weight is 1020 g/mol. The monoisotopic (exact) mass is 1020 g/mol. The molecule has 9 nitrogen and oxygen atoms in total. The second-order valence-electron chi connectivity index (χ2n) is 19.1. The summed E-state index contributed by atoms with van der Waals surface area (Å²) >= 11 is 0. The van der Waals surface area contributed by atoms with E-state index in [-0.39, 0.29) is 65.0 Å². The smallest absolute Gasteiger partial charge is 0.185 e. The lowest BCUT2D eigenvalue weighted by Gasteiger charge is -2.38. The first-order valence-electron chi connectivity index (χ1n) is 23.3. The van der Waals surface area contributed by atoms with E-state index in [0.29, 0.717) is 18.4 Å². The van der Waals surface area contributed by atoms with E-state index in [1.165, 1.54) is 24.5 Å². The number of benzene rings is 2. The van der Waals surface area contributed by atoms with Gasteiger partial charge in [-0.2, -0.15) is 0 Å². The van der Waals surface area contributed by atoms with Crippen LogP contribution in [0.3, 0.4) is 0 Å². The lowest BCUT2D eigenvalue weighted by molar-refractivity contribution is 0.0979. The lowest BCUT2D eigenvalue weighted by Crippen LogP contribution is -2.39. The van der Waals surface area contributed by atoms with E-state index in [0.717, 1.165) is 72.0 Å². The zero-order valence-corrected chi connectivity index (χ0v) is 41.6. The standard InChI is InChI=1S/C27H27F3N2O3S.C27H27F3N2O2S/c1-15-11-17(12-16(2)27(15)36(3,34)35)19-9-10-31-14-18(19)13-24(33)23-8-7-22(30)26(32-23)25-20(28)5-4-6-21(25)29;1-15-11-17(12-16(2)27(15)35(3)34)19-9-10-31-14-18(19)13-24(33)23-8-7-22(30)26(32-23)25-20(28)5-4-6-21(25)29/h4-10,14-17,27H,11-13H2,1-3H3;4-10,14-17,27H,11-13H2,1-3H3/t15-,16+,17?,27?;15-,16+,17?,27?,35?. The van der Waals surface area contributed by atoms with Crippen molar-refractivity contribution in [3.05, 3.63) is 166 Å². The normalized spacial score (nSPS) is 22.8. The molecule has 17 heteroatoms. The highest BCUT2D eigenvalue weighted by atomic mass is 32.2. The van der Waals surface area contributed by atoms with Crippen LogP contribution in [0, 0.1) is 58.6 Å². The molecule has 2 fully saturated rings. The van der Waals surface area contributed by atoms with E-state index in [1.54, 1.807) is 31.0 Å². The van der Waals surface area contributed by atoms with Crippen LogP contribution in [0.25, 0.3) is 22.5 Å². The van der Waals surface area contributed by atoms with Crippen LogP contribution in [0.5, 0.6) is 0 Å². The molecule has 2 aliphatic carbocycles. The molecular formula is C54H54F6N4O5S2. The summed E-state index contributed by atoms with van der Waals surface area (Å²) in [5.41, 5.74) is 0.790. The predicted molar refractivity (Wildman–Crippen MR) is 261 cm³/mol. The Bertz CT molecular complexity index is 3040. The SMILES string of the molecule is C[C@@H]1CC(c2ccncc2CC(=O)c2ccc(F)c(-c3c(F)cccc3F)n2)C[C@H](C)C1S(C)(=O)=O.C[C@@H]1CC(c2ccncc2CC(=O)c2ccc(F)c(-c3c(F)cccc3F)n2)C[C@H](C)C1S(C)=O. The quantitative estimate of drug-likeness (QED) is 0.0866. The summed E-state index contributed by atoms with van der Waals surface area (Å²) in [5.74, 6) is -5.92. The summed E-state index contributed by atoms with van der Waals surface area (Å²) in [5, 5.41) is -0.278. The van der Waals surface area contributed by atoms with E-state index in [9.17, 15) is 48.6 Å². The van der Waals surface area contributed by atoms with Crippen LogP contribution in [0.15, 0.2) is 97.6 Å². The molecule has 0 N–H and O–H groups in total. The molecule has 0 spiro atoms. The van der Waals surface area contributed by atoms with Crippen molar-refractivity contribution >= 4 is 32.2 Å². The third kappa shape index (κ3) is 11.9. The minimum absolute atomic E-state index is 0.0244. The average Bonchev–Trinajstić information content (AvgIpc) is 3.29. The van der Waals surface area contributed by atoms with Gasteiger partial charge in [-0.3, -0.25) is 23.8 Å². The minimum atomic E-state index is -3.19. The first-order chi connectivity index (χ1) is 33.6. The third-order valence-electron chi connectivity index (χ3n) is 13.9. The van der Waals surface area contributed by atoms with Crippen molar-refractivity contribution in [3.63, 3.8) is 0 Å². The van der Waals surface area contributed by atoms with Crippen molar-refractivity contribution in [2.75, 3.05) is 12.5 Å². The number of carbonyl (C=O) groups excluding carboxylic acids is 2. The van der Waals surface area contributed by atoms with Gasteiger partial charge < -0.3 is 0 Å². The van der Waals surface area contributed by atoms with Gasteiger partial charge in [-0.05, 0) is 144 Å². The highest BCUT2D eigenvalue weighted by molar-refractivity contribution is 7.91. The fraction of sp³-hybridized carbons (Fsp3) is 0.370. The highest BCUT2D eigenvalue weighted by Crippen LogP contribution is 2.44. The van der Waals surface area contributed by atoms with E-state index >= 15 is 0 Å². The number of pyridine rings is 4. The number of rotatable bonds is 12. The summed E-state index contributed by atoms with van der Waals surface area (Å²) in [6, 6.07) is 14.5. The van der Waals surface area contributed by atoms with Gasteiger partial charge in [0.2, 0.25) is 0 Å². The molecule has 5 unspecified atom stereocenters. The second kappa shape index (κ2) is 22.2. The molecule has 9 atom stereocenters. The van der Waals surface area contributed by atoms with Crippen molar-refractivity contribution in [2.45, 2.75) is 88.6 Å². The maximum Gasteiger partial charge on any atom is 0.185 e. The topological polar surface area (TPSA) is 137 Å². The Hall–Kier alpha value is -5.94. The molecule has 2 aliphatic rings. The Labute approximate surface area is 412 Å². The fourth-order valence-electron chi connectivity index (χ4n) is 11.1. The number of nitrogens with zero attached hydrogens (tertiary/aromatic N) is 4. The number of sulfone groups is 1. The molecule has 0 bridgehead atoms. The molecule has 0 saturated heterocycles. The molecule has 2 aromatic carbocycles. The zero-order valence-electron chi connectivity index (χ0n) is 40.0. The molecule has 4 heterocycles. The molecule has 71 heavy (non-hydrogen) atoms. The highest BCUT2D eigenvalue weighted by Gasteiger charge is 2.40. The molecule has 0 aliphatic heterocycles. The largest absolute Gasteiger partial charge is 0.292 e. The van der Waals surface area contributed by atoms with Crippen LogP contribution in [0.2, 0.25) is 0 Å². The molecule has 0 radical (unpaired) electrons. The number of hydrogen-bond donors (Lipinski definition) is 0. The Balaban J connectivity index is 0.000000209. The Kier molecular flexibility index (Phi) is 16.6. The molecule has 374 valence electrons. The third-order valence-corrected chi connectivity index (χ3v) is 17.5. The van der Waals surface area contributed by atoms with Crippen molar-refractivity contribution < 1.29 is 48.6 Å². The van der Waals surface area contributed by atoms with Gasteiger partial charge in [0, 0.05) is 66.2 Å². The van der Waals surface area contributed by atoms with Crippen LogP contribution in [-0.4, -0.2) is 67.1 Å². The van der Waals surface area contributed by atoms with Gasteiger partial charge in [-0.25, -0.2) is 44.7 Å². The number of halogens is 6. The van der Waals surface area contributed by atoms with Gasteiger partial charge in [0.1, 0.15) is 57.7 Å². The van der Waals surface area contributed by atoms with E-state index in [1.807, 2.05) is 26.0 Å². The first-order valence-corrected chi connectivity index (χ1v) is 26.9. The maximum absolute atomic E-state index is 14.4. The van der Waals surface area contributed by atoms with E-state index in [2.05, 4.69) is 33.8 Å². The van der Waals surface area contributed by atoms with Gasteiger partial charge in [-0.15, -0.1) is 0 Å². The van der Waals surface area contributed by atoms with Crippen LogP contribution in [0.4, 0.5) is 26.3 Å². The van der Waals surface area contributed by atoms with Crippen LogP contribution < -0.4 is 0 Å². The van der Waals surface area contributed by atoms with E-state index < -0.39 is 94.9 Å². The molecule has 4 aromatic heterocycles. The summed E-state index contributed by atoms with van der Waals surface area (Å²) < 4.78 is 123. The molecule has 6 aromatic rings. The van der Waals surface area contributed by atoms with Crippen LogP contribution >= 0.6 is 0 Å². The van der Waals surface area contributed by atoms with Crippen molar-refractivity contribution in [1.29, 1.82) is 0 Å². The Morgan fingerprint density at radius 1 is 0.563 bits per heavy atom. The summed E-state index contributed by atoms with van der Waals surface area (Å²) in [6.07, 6.45) is 12.5. The van der Waals surface area contributed by atoms with Gasteiger partial charge in [0.15, 0.2) is 21.4 Å². The number of hydrogen-bond acceptors (Lipinski definition) is 9. The number of ketones is 2. The summed E-state index contributed by atoms with van der Waals surface area (Å²) in [4.78, 5) is 42.6. The van der Waals surface area contributed by atoms with Gasteiger partial charge in [0.05, 0.1) is 16.4 Å². The van der Waals surface area contributed by atoms with E-state index in [4.69, 9.17) is 0 Å².